The first-order chi connectivity index (χ1) is 11.7. The Morgan fingerprint density at radius 3 is 2.83 bits per heavy atom. The molecule has 0 radical (unpaired) electrons. The predicted octanol–water partition coefficient (Wildman–Crippen LogP) is 6.34. The Hall–Kier alpha value is -1.01. The summed E-state index contributed by atoms with van der Waals surface area (Å²) in [4.78, 5) is 11.9. The Kier molecular flexibility index (Phi) is 4.60. The highest BCUT2D eigenvalue weighted by Crippen LogP contribution is 2.41. The van der Waals surface area contributed by atoms with Gasteiger partial charge in [0.05, 0.1) is 21.1 Å². The average Bonchev–Trinajstić information content (AvgIpc) is 2.97. The summed E-state index contributed by atoms with van der Waals surface area (Å²) in [7, 11) is 0. The van der Waals surface area contributed by atoms with Gasteiger partial charge in [-0.2, -0.15) is 0 Å². The van der Waals surface area contributed by atoms with Gasteiger partial charge in [-0.05, 0) is 49.6 Å². The monoisotopic (exact) mass is 395 g/mol. The maximum absolute atomic E-state index is 6.34. The van der Waals surface area contributed by atoms with Crippen molar-refractivity contribution >= 4 is 68.0 Å². The summed E-state index contributed by atoms with van der Waals surface area (Å²) in [5.41, 5.74) is 2.17. The van der Waals surface area contributed by atoms with Crippen LogP contribution in [0.25, 0.3) is 10.2 Å². The Bertz CT molecular complexity index is 924. The number of nitrogens with zero attached hydrogens (tertiary/aromatic N) is 2. The van der Waals surface area contributed by atoms with Gasteiger partial charge in [0, 0.05) is 4.88 Å². The minimum atomic E-state index is 0.515. The van der Waals surface area contributed by atoms with Crippen LogP contribution in [0.1, 0.15) is 23.3 Å². The summed E-state index contributed by atoms with van der Waals surface area (Å²) >= 11 is 15.8. The lowest BCUT2D eigenvalue weighted by Gasteiger charge is -2.14. The Balaban J connectivity index is 1.89. The summed E-state index contributed by atoms with van der Waals surface area (Å²) in [5, 5.41) is 6.35. The van der Waals surface area contributed by atoms with E-state index in [-0.39, 0.29) is 0 Å². The van der Waals surface area contributed by atoms with Crippen LogP contribution in [-0.4, -0.2) is 16.2 Å². The molecule has 0 fully saturated rings. The molecular weight excluding hydrogens is 381 g/mol. The molecule has 1 aliphatic carbocycles. The summed E-state index contributed by atoms with van der Waals surface area (Å²) in [6.07, 6.45) is 6.70. The lowest BCUT2D eigenvalue weighted by Crippen LogP contribution is -2.02. The van der Waals surface area contributed by atoms with Crippen molar-refractivity contribution in [1.82, 2.24) is 9.97 Å². The number of halogens is 2. The highest BCUT2D eigenvalue weighted by Gasteiger charge is 2.21. The molecule has 1 N–H and O–H groups in total. The molecule has 4 rings (SSSR count). The van der Waals surface area contributed by atoms with E-state index in [1.807, 2.05) is 18.4 Å². The van der Waals surface area contributed by atoms with Crippen LogP contribution in [0.15, 0.2) is 23.4 Å². The second-order valence-electron chi connectivity index (χ2n) is 5.68. The van der Waals surface area contributed by atoms with E-state index in [1.54, 1.807) is 29.2 Å². The first-order valence-electron chi connectivity index (χ1n) is 7.74. The molecule has 0 spiro atoms. The third-order valence-electron chi connectivity index (χ3n) is 4.18. The van der Waals surface area contributed by atoms with Crippen LogP contribution >= 0.6 is 46.3 Å². The van der Waals surface area contributed by atoms with E-state index >= 15 is 0 Å². The minimum absolute atomic E-state index is 0.515. The summed E-state index contributed by atoms with van der Waals surface area (Å²) in [6, 6.07) is 5.58. The molecule has 0 aliphatic heterocycles. The van der Waals surface area contributed by atoms with E-state index in [0.717, 1.165) is 39.7 Å². The van der Waals surface area contributed by atoms with Gasteiger partial charge in [0.25, 0.3) is 0 Å². The first kappa shape index (κ1) is 16.5. The predicted molar refractivity (Wildman–Crippen MR) is 106 cm³/mol. The Morgan fingerprint density at radius 2 is 2.00 bits per heavy atom. The van der Waals surface area contributed by atoms with Crippen molar-refractivity contribution < 1.29 is 0 Å². The van der Waals surface area contributed by atoms with Gasteiger partial charge in [-0.3, -0.25) is 0 Å². The van der Waals surface area contributed by atoms with Crippen molar-refractivity contribution in [3.63, 3.8) is 0 Å². The molecule has 2 aromatic heterocycles. The zero-order chi connectivity index (χ0) is 16.7. The van der Waals surface area contributed by atoms with Crippen LogP contribution in [0.2, 0.25) is 10.0 Å². The third kappa shape index (κ3) is 2.88. The van der Waals surface area contributed by atoms with Gasteiger partial charge in [0.15, 0.2) is 5.16 Å². The van der Waals surface area contributed by atoms with Crippen molar-refractivity contribution in [3.05, 3.63) is 38.7 Å². The zero-order valence-corrected chi connectivity index (χ0v) is 16.2. The highest BCUT2D eigenvalue weighted by molar-refractivity contribution is 7.98. The van der Waals surface area contributed by atoms with Gasteiger partial charge < -0.3 is 5.32 Å². The number of benzene rings is 1. The quantitative estimate of drug-likeness (QED) is 0.414. The normalized spacial score (nSPS) is 14.0. The zero-order valence-electron chi connectivity index (χ0n) is 13.0. The topological polar surface area (TPSA) is 37.8 Å². The van der Waals surface area contributed by atoms with E-state index in [2.05, 4.69) is 5.32 Å². The molecule has 3 aromatic rings. The SMILES string of the molecule is CSc1nc(Nc2cccc(Cl)c2Cl)c2c3c(sc2n1)CCCC3. The molecule has 24 heavy (non-hydrogen) atoms. The van der Waals surface area contributed by atoms with Crippen LogP contribution in [-0.2, 0) is 12.8 Å². The lowest BCUT2D eigenvalue weighted by molar-refractivity contribution is 0.700. The van der Waals surface area contributed by atoms with E-state index in [9.17, 15) is 0 Å². The maximum atomic E-state index is 6.34. The number of hydrogen-bond acceptors (Lipinski definition) is 5. The van der Waals surface area contributed by atoms with Crippen molar-refractivity contribution in [2.45, 2.75) is 30.8 Å². The number of fused-ring (bicyclic) bond motifs is 3. The van der Waals surface area contributed by atoms with Crippen molar-refractivity contribution in [2.75, 3.05) is 11.6 Å². The maximum Gasteiger partial charge on any atom is 0.190 e. The molecule has 0 saturated heterocycles. The molecule has 0 unspecified atom stereocenters. The first-order valence-corrected chi connectivity index (χ1v) is 10.5. The lowest BCUT2D eigenvalue weighted by atomic mass is 9.97. The Morgan fingerprint density at radius 1 is 1.17 bits per heavy atom. The van der Waals surface area contributed by atoms with Gasteiger partial charge in [0.2, 0.25) is 0 Å². The van der Waals surface area contributed by atoms with E-state index < -0.39 is 0 Å². The number of thioether (sulfide) groups is 1. The molecule has 0 amide bonds. The molecule has 7 heteroatoms. The van der Waals surface area contributed by atoms with Gasteiger partial charge in [0.1, 0.15) is 10.6 Å². The Labute approximate surface area is 158 Å². The third-order valence-corrected chi connectivity index (χ3v) is 6.73. The number of aryl methyl sites for hydroxylation is 2. The number of thiophene rings is 1. The fourth-order valence-corrected chi connectivity index (χ4v) is 5.08. The van der Waals surface area contributed by atoms with Crippen LogP contribution in [0.5, 0.6) is 0 Å². The van der Waals surface area contributed by atoms with Crippen molar-refractivity contribution in [2.24, 2.45) is 0 Å². The standard InChI is InChI=1S/C17H15Cl2N3S2/c1-23-17-21-15(20-11-7-4-6-10(18)14(11)19)13-9-5-2-3-8-12(9)24-16(13)22-17/h4,6-7H,2-3,5,8H2,1H3,(H,20,21,22). The number of hydrogen-bond donors (Lipinski definition) is 1. The van der Waals surface area contributed by atoms with Crippen molar-refractivity contribution in [1.29, 1.82) is 0 Å². The fraction of sp³-hybridized carbons (Fsp3) is 0.294. The largest absolute Gasteiger partial charge is 0.338 e. The molecule has 1 aliphatic rings. The van der Waals surface area contributed by atoms with E-state index in [0.29, 0.717) is 10.0 Å². The molecule has 124 valence electrons. The second-order valence-corrected chi connectivity index (χ2v) is 8.32. The number of anilines is 2. The number of rotatable bonds is 3. The highest BCUT2D eigenvalue weighted by atomic mass is 35.5. The summed E-state index contributed by atoms with van der Waals surface area (Å²) in [6.45, 7) is 0. The van der Waals surface area contributed by atoms with Crippen LogP contribution in [0.3, 0.4) is 0 Å². The molecular formula is C17H15Cl2N3S2. The van der Waals surface area contributed by atoms with Crippen LogP contribution in [0.4, 0.5) is 11.5 Å². The molecule has 3 nitrogen and oxygen atoms in total. The molecule has 0 saturated carbocycles. The number of aromatic nitrogens is 2. The van der Waals surface area contributed by atoms with Crippen LogP contribution < -0.4 is 5.32 Å². The van der Waals surface area contributed by atoms with Gasteiger partial charge >= 0.3 is 0 Å². The smallest absolute Gasteiger partial charge is 0.190 e. The summed E-state index contributed by atoms with van der Waals surface area (Å²) in [5.74, 6) is 0.827. The molecule has 0 atom stereocenters. The van der Waals surface area contributed by atoms with Gasteiger partial charge in [-0.15, -0.1) is 11.3 Å². The molecule has 0 bridgehead atoms. The number of nitrogens with one attached hydrogen (secondary N) is 1. The van der Waals surface area contributed by atoms with E-state index in [4.69, 9.17) is 33.2 Å². The average molecular weight is 396 g/mol. The van der Waals surface area contributed by atoms with E-state index in [1.165, 1.54) is 23.3 Å². The van der Waals surface area contributed by atoms with Gasteiger partial charge in [-0.1, -0.05) is 41.0 Å². The summed E-state index contributed by atoms with van der Waals surface area (Å²) < 4.78 is 0. The second kappa shape index (κ2) is 6.71. The van der Waals surface area contributed by atoms with Gasteiger partial charge in [-0.25, -0.2) is 9.97 Å². The fourth-order valence-electron chi connectivity index (χ4n) is 3.05. The molecule has 1 aromatic carbocycles. The molecule has 2 heterocycles. The minimum Gasteiger partial charge on any atom is -0.338 e. The van der Waals surface area contributed by atoms with Crippen molar-refractivity contribution in [3.8, 4) is 0 Å². The van der Waals surface area contributed by atoms with Crippen LogP contribution in [0, 0.1) is 0 Å².